The lowest BCUT2D eigenvalue weighted by molar-refractivity contribution is 0.0853. The molecule has 0 radical (unpaired) electrons. The zero-order valence-corrected chi connectivity index (χ0v) is 17.3. The van der Waals surface area contributed by atoms with Gasteiger partial charge in [-0.15, -0.1) is 0 Å². The summed E-state index contributed by atoms with van der Waals surface area (Å²) in [5, 5.41) is 2.65. The second kappa shape index (κ2) is 9.18. The molecule has 3 N–H and O–H groups in total. The molecule has 2 aromatic heterocycles. The standard InChI is InChI=1S/C23H24FN5O2/c1-14-4-7-26-21(29-14)13-28-23(30)18-3-2-16(11-20(18)24)19-10-17(12-27-22(19)25)15-5-8-31-9-6-15/h2-4,7,10-12,15H,5-6,8-9,13H2,1H3,(H2,25,27)(H,28,30). The maximum atomic E-state index is 14.8. The van der Waals surface area contributed by atoms with Crippen LogP contribution in [0.3, 0.4) is 0 Å². The van der Waals surface area contributed by atoms with Gasteiger partial charge in [0.2, 0.25) is 0 Å². The third kappa shape index (κ3) is 4.86. The number of anilines is 1. The minimum Gasteiger partial charge on any atom is -0.383 e. The molecule has 1 aliphatic heterocycles. The summed E-state index contributed by atoms with van der Waals surface area (Å²) >= 11 is 0. The molecule has 8 heteroatoms. The van der Waals surface area contributed by atoms with Crippen molar-refractivity contribution in [2.45, 2.75) is 32.2 Å². The molecule has 3 aromatic rings. The van der Waals surface area contributed by atoms with E-state index < -0.39 is 11.7 Å². The van der Waals surface area contributed by atoms with Crippen molar-refractivity contribution >= 4 is 11.7 Å². The van der Waals surface area contributed by atoms with E-state index in [1.54, 1.807) is 24.5 Å². The predicted molar refractivity (Wildman–Crippen MR) is 115 cm³/mol. The number of carbonyl (C=O) groups is 1. The number of hydrogen-bond acceptors (Lipinski definition) is 6. The molecule has 0 saturated carbocycles. The molecule has 0 unspecified atom stereocenters. The van der Waals surface area contributed by atoms with Crippen LogP contribution in [0.4, 0.5) is 10.2 Å². The van der Waals surface area contributed by atoms with Gasteiger partial charge in [0.25, 0.3) is 5.91 Å². The molecule has 160 valence electrons. The van der Waals surface area contributed by atoms with Crippen LogP contribution in [0.5, 0.6) is 0 Å². The fraction of sp³-hybridized carbons (Fsp3) is 0.304. The van der Waals surface area contributed by atoms with E-state index in [1.807, 2.05) is 13.0 Å². The van der Waals surface area contributed by atoms with Crippen LogP contribution in [0.25, 0.3) is 11.1 Å². The topological polar surface area (TPSA) is 103 Å². The van der Waals surface area contributed by atoms with Crippen LogP contribution in [-0.2, 0) is 11.3 Å². The lowest BCUT2D eigenvalue weighted by Gasteiger charge is -2.22. The van der Waals surface area contributed by atoms with Crippen molar-refractivity contribution in [3.63, 3.8) is 0 Å². The summed E-state index contributed by atoms with van der Waals surface area (Å²) in [4.78, 5) is 25.1. The van der Waals surface area contributed by atoms with Crippen molar-refractivity contribution < 1.29 is 13.9 Å². The van der Waals surface area contributed by atoms with E-state index in [-0.39, 0.29) is 12.1 Å². The van der Waals surface area contributed by atoms with Crippen molar-refractivity contribution in [1.29, 1.82) is 0 Å². The molecule has 0 aliphatic carbocycles. The molecule has 4 rings (SSSR count). The minimum atomic E-state index is -0.629. The number of amides is 1. The summed E-state index contributed by atoms with van der Waals surface area (Å²) in [7, 11) is 0. The molecule has 0 spiro atoms. The van der Waals surface area contributed by atoms with Gasteiger partial charge in [-0.1, -0.05) is 6.07 Å². The Morgan fingerprint density at radius 1 is 1.23 bits per heavy atom. The van der Waals surface area contributed by atoms with E-state index in [2.05, 4.69) is 20.3 Å². The number of rotatable bonds is 5. The molecular formula is C23H24FN5O2. The van der Waals surface area contributed by atoms with Crippen LogP contribution in [-0.4, -0.2) is 34.1 Å². The van der Waals surface area contributed by atoms with Crippen molar-refractivity contribution in [3.05, 3.63) is 71.2 Å². The number of carbonyl (C=O) groups excluding carboxylic acids is 1. The normalized spacial score (nSPS) is 14.4. The lowest BCUT2D eigenvalue weighted by atomic mass is 9.91. The monoisotopic (exact) mass is 421 g/mol. The number of halogens is 1. The van der Waals surface area contributed by atoms with E-state index in [0.29, 0.717) is 28.7 Å². The average Bonchev–Trinajstić information content (AvgIpc) is 2.78. The molecule has 1 saturated heterocycles. The third-order valence-electron chi connectivity index (χ3n) is 5.41. The van der Waals surface area contributed by atoms with Crippen molar-refractivity contribution in [1.82, 2.24) is 20.3 Å². The quantitative estimate of drug-likeness (QED) is 0.655. The van der Waals surface area contributed by atoms with E-state index in [0.717, 1.165) is 37.3 Å². The van der Waals surface area contributed by atoms with Gasteiger partial charge in [0.05, 0.1) is 12.1 Å². The van der Waals surface area contributed by atoms with Gasteiger partial charge in [0.15, 0.2) is 0 Å². The molecule has 0 bridgehead atoms. The highest BCUT2D eigenvalue weighted by atomic mass is 19.1. The molecule has 3 heterocycles. The van der Waals surface area contributed by atoms with Crippen LogP contribution < -0.4 is 11.1 Å². The number of aryl methyl sites for hydroxylation is 1. The van der Waals surface area contributed by atoms with Crippen molar-refractivity contribution in [3.8, 4) is 11.1 Å². The Bertz CT molecular complexity index is 1100. The summed E-state index contributed by atoms with van der Waals surface area (Å²) in [6, 6.07) is 8.18. The third-order valence-corrected chi connectivity index (χ3v) is 5.41. The van der Waals surface area contributed by atoms with Crippen LogP contribution in [0.15, 0.2) is 42.7 Å². The molecule has 0 atom stereocenters. The van der Waals surface area contributed by atoms with Gasteiger partial charge in [0.1, 0.15) is 17.5 Å². The number of benzene rings is 1. The number of pyridine rings is 1. The van der Waals surface area contributed by atoms with Gasteiger partial charge in [-0.25, -0.2) is 19.3 Å². The Morgan fingerprint density at radius 2 is 2.03 bits per heavy atom. The summed E-state index contributed by atoms with van der Waals surface area (Å²) in [5.74, 6) is -0.0234. The van der Waals surface area contributed by atoms with Crippen molar-refractivity contribution in [2.75, 3.05) is 18.9 Å². The van der Waals surface area contributed by atoms with Crippen LogP contribution in [0.2, 0.25) is 0 Å². The first-order valence-corrected chi connectivity index (χ1v) is 10.2. The number of ether oxygens (including phenoxy) is 1. The predicted octanol–water partition coefficient (Wildman–Crippen LogP) is 3.39. The van der Waals surface area contributed by atoms with Crippen LogP contribution >= 0.6 is 0 Å². The molecule has 1 amide bonds. The van der Waals surface area contributed by atoms with E-state index in [9.17, 15) is 9.18 Å². The lowest BCUT2D eigenvalue weighted by Crippen LogP contribution is -2.25. The molecule has 1 aromatic carbocycles. The average molecular weight is 421 g/mol. The number of nitrogen functional groups attached to an aromatic ring is 1. The van der Waals surface area contributed by atoms with Gasteiger partial charge in [-0.3, -0.25) is 4.79 Å². The fourth-order valence-corrected chi connectivity index (χ4v) is 3.68. The van der Waals surface area contributed by atoms with E-state index >= 15 is 0 Å². The van der Waals surface area contributed by atoms with E-state index in [1.165, 1.54) is 12.1 Å². The highest BCUT2D eigenvalue weighted by molar-refractivity contribution is 5.95. The van der Waals surface area contributed by atoms with Gasteiger partial charge in [-0.05, 0) is 61.1 Å². The van der Waals surface area contributed by atoms with Gasteiger partial charge in [-0.2, -0.15) is 0 Å². The summed E-state index contributed by atoms with van der Waals surface area (Å²) in [6.07, 6.45) is 5.23. The zero-order valence-electron chi connectivity index (χ0n) is 17.3. The minimum absolute atomic E-state index is 0.0523. The van der Waals surface area contributed by atoms with E-state index in [4.69, 9.17) is 10.5 Å². The Kier molecular flexibility index (Phi) is 6.18. The van der Waals surface area contributed by atoms with Gasteiger partial charge < -0.3 is 15.8 Å². The summed E-state index contributed by atoms with van der Waals surface area (Å²) in [6.45, 7) is 3.39. The number of nitrogens with zero attached hydrogens (tertiary/aromatic N) is 3. The smallest absolute Gasteiger partial charge is 0.254 e. The largest absolute Gasteiger partial charge is 0.383 e. The molecule has 1 aliphatic rings. The Morgan fingerprint density at radius 3 is 2.77 bits per heavy atom. The second-order valence-corrected chi connectivity index (χ2v) is 7.58. The Labute approximate surface area is 179 Å². The maximum Gasteiger partial charge on any atom is 0.254 e. The zero-order chi connectivity index (χ0) is 21.8. The summed E-state index contributed by atoms with van der Waals surface area (Å²) in [5.41, 5.74) is 9.11. The highest BCUT2D eigenvalue weighted by Gasteiger charge is 2.19. The van der Waals surface area contributed by atoms with Gasteiger partial charge in [0, 0.05) is 36.9 Å². The van der Waals surface area contributed by atoms with Crippen LogP contribution in [0, 0.1) is 12.7 Å². The van der Waals surface area contributed by atoms with Crippen LogP contribution in [0.1, 0.15) is 46.2 Å². The molecule has 31 heavy (non-hydrogen) atoms. The first-order valence-electron chi connectivity index (χ1n) is 10.2. The molecule has 7 nitrogen and oxygen atoms in total. The fourth-order valence-electron chi connectivity index (χ4n) is 3.68. The molecule has 1 fully saturated rings. The Balaban J connectivity index is 1.52. The SMILES string of the molecule is Cc1ccnc(CNC(=O)c2ccc(-c3cc(C4CCOCC4)cnc3N)cc2F)n1. The first kappa shape index (κ1) is 20.9. The van der Waals surface area contributed by atoms with Gasteiger partial charge >= 0.3 is 0 Å². The Hall–Kier alpha value is -3.39. The number of aromatic nitrogens is 3. The maximum absolute atomic E-state index is 14.8. The van der Waals surface area contributed by atoms with Crippen molar-refractivity contribution in [2.24, 2.45) is 0 Å². The molecular weight excluding hydrogens is 397 g/mol. The second-order valence-electron chi connectivity index (χ2n) is 7.58. The number of nitrogens with two attached hydrogens (primary N) is 1. The number of nitrogens with one attached hydrogen (secondary N) is 1. The summed E-state index contributed by atoms with van der Waals surface area (Å²) < 4.78 is 20.2. The first-order chi connectivity index (χ1) is 15.0. The highest BCUT2D eigenvalue weighted by Crippen LogP contribution is 2.32. The number of hydrogen-bond donors (Lipinski definition) is 2.